The predicted molar refractivity (Wildman–Crippen MR) is 98.8 cm³/mol. The van der Waals surface area contributed by atoms with Gasteiger partial charge in [0, 0.05) is 20.1 Å². The van der Waals surface area contributed by atoms with Gasteiger partial charge in [0.05, 0.1) is 22.5 Å². The lowest BCUT2D eigenvalue weighted by molar-refractivity contribution is -0.121. The average molecular weight is 356 g/mol. The number of aryl methyl sites for hydroxylation is 1. The Labute approximate surface area is 150 Å². The summed E-state index contributed by atoms with van der Waals surface area (Å²) in [5.41, 5.74) is 2.01. The quantitative estimate of drug-likeness (QED) is 0.737. The van der Waals surface area contributed by atoms with E-state index in [1.165, 1.54) is 16.2 Å². The van der Waals surface area contributed by atoms with Crippen LogP contribution in [0.25, 0.3) is 11.0 Å². The maximum absolute atomic E-state index is 12.1. The van der Waals surface area contributed by atoms with E-state index in [1.54, 1.807) is 13.1 Å². The van der Waals surface area contributed by atoms with Gasteiger partial charge in [0.1, 0.15) is 5.82 Å². The van der Waals surface area contributed by atoms with Gasteiger partial charge in [0.2, 0.25) is 5.91 Å². The molecule has 2 amide bonds. The molecule has 0 aliphatic rings. The second-order valence-electron chi connectivity index (χ2n) is 5.79. The molecule has 3 rings (SSSR count). The van der Waals surface area contributed by atoms with Crippen molar-refractivity contribution in [2.24, 2.45) is 0 Å². The molecule has 0 fully saturated rings. The number of nitrogens with zero attached hydrogens (tertiary/aromatic N) is 3. The van der Waals surface area contributed by atoms with E-state index in [4.69, 9.17) is 0 Å². The van der Waals surface area contributed by atoms with E-state index in [1.807, 2.05) is 42.6 Å². The van der Waals surface area contributed by atoms with Crippen molar-refractivity contribution in [1.29, 1.82) is 0 Å². The summed E-state index contributed by atoms with van der Waals surface area (Å²) in [5, 5.41) is 4.71. The number of para-hydroxylation sites is 2. The molecule has 0 saturated heterocycles. The van der Waals surface area contributed by atoms with Gasteiger partial charge in [-0.05, 0) is 30.5 Å². The zero-order valence-electron chi connectivity index (χ0n) is 14.2. The molecule has 0 aliphatic carbocycles. The highest BCUT2D eigenvalue weighted by Gasteiger charge is 2.15. The Morgan fingerprint density at radius 1 is 1.24 bits per heavy atom. The first kappa shape index (κ1) is 17.2. The minimum Gasteiger partial charge on any atom is -0.353 e. The number of benzene rings is 1. The van der Waals surface area contributed by atoms with Crippen molar-refractivity contribution in [2.45, 2.75) is 13.5 Å². The van der Waals surface area contributed by atoms with Gasteiger partial charge in [-0.25, -0.2) is 4.98 Å². The van der Waals surface area contributed by atoms with Gasteiger partial charge in [-0.2, -0.15) is 0 Å². The van der Waals surface area contributed by atoms with Crippen molar-refractivity contribution in [3.8, 4) is 0 Å². The van der Waals surface area contributed by atoms with Gasteiger partial charge in [-0.3, -0.25) is 9.59 Å². The molecule has 2 heterocycles. The third-order valence-corrected chi connectivity index (χ3v) is 4.82. The van der Waals surface area contributed by atoms with Crippen LogP contribution in [0.1, 0.15) is 15.5 Å². The van der Waals surface area contributed by atoms with E-state index in [2.05, 4.69) is 14.9 Å². The molecule has 1 aromatic carbocycles. The lowest BCUT2D eigenvalue weighted by Gasteiger charge is -2.16. The fourth-order valence-electron chi connectivity index (χ4n) is 2.72. The summed E-state index contributed by atoms with van der Waals surface area (Å²) in [4.78, 5) is 30.8. The molecule has 0 bridgehead atoms. The van der Waals surface area contributed by atoms with Crippen LogP contribution >= 0.6 is 11.3 Å². The first-order valence-corrected chi connectivity index (χ1v) is 8.92. The molecular weight excluding hydrogens is 336 g/mol. The number of amides is 2. The van der Waals surface area contributed by atoms with E-state index in [0.29, 0.717) is 18.0 Å². The highest BCUT2D eigenvalue weighted by Crippen LogP contribution is 2.15. The molecule has 0 spiro atoms. The highest BCUT2D eigenvalue weighted by molar-refractivity contribution is 7.12. The van der Waals surface area contributed by atoms with E-state index in [0.717, 1.165) is 16.9 Å². The number of rotatable bonds is 6. The average Bonchev–Trinajstić information content (AvgIpc) is 3.22. The molecule has 0 radical (unpaired) electrons. The Balaban J connectivity index is 1.52. The molecule has 7 heteroatoms. The highest BCUT2D eigenvalue weighted by atomic mass is 32.1. The summed E-state index contributed by atoms with van der Waals surface area (Å²) in [7, 11) is 1.63. The molecule has 25 heavy (non-hydrogen) atoms. The van der Waals surface area contributed by atoms with E-state index >= 15 is 0 Å². The maximum atomic E-state index is 12.1. The number of carbonyl (C=O) groups is 2. The summed E-state index contributed by atoms with van der Waals surface area (Å²) in [6, 6.07) is 11.5. The lowest BCUT2D eigenvalue weighted by Crippen LogP contribution is -2.39. The number of likely N-dealkylation sites (N-methyl/N-ethyl adjacent to an activating group) is 1. The number of carbonyl (C=O) groups excluding carboxylic acids is 2. The van der Waals surface area contributed by atoms with Crippen molar-refractivity contribution >= 4 is 34.2 Å². The molecule has 0 atom stereocenters. The van der Waals surface area contributed by atoms with Crippen LogP contribution in [0.15, 0.2) is 41.8 Å². The van der Waals surface area contributed by atoms with E-state index in [9.17, 15) is 9.59 Å². The molecule has 3 aromatic rings. The second-order valence-corrected chi connectivity index (χ2v) is 6.74. The third-order valence-electron chi connectivity index (χ3n) is 3.96. The number of thiophene rings is 1. The van der Waals surface area contributed by atoms with Crippen LogP contribution in [-0.2, 0) is 11.3 Å². The summed E-state index contributed by atoms with van der Waals surface area (Å²) < 4.78 is 2.08. The topological polar surface area (TPSA) is 67.2 Å². The standard InChI is InChI=1S/C18H20N4O2S/c1-13-20-14-6-3-4-7-15(14)22(13)10-9-19-17(23)12-21(2)18(24)16-8-5-11-25-16/h3-8,11H,9-10,12H2,1-2H3,(H,19,23). The largest absolute Gasteiger partial charge is 0.353 e. The molecule has 0 saturated carbocycles. The fraction of sp³-hybridized carbons (Fsp3) is 0.278. The van der Waals surface area contributed by atoms with E-state index < -0.39 is 0 Å². The summed E-state index contributed by atoms with van der Waals surface area (Å²) in [6.45, 7) is 3.12. The number of fused-ring (bicyclic) bond motifs is 1. The van der Waals surface area contributed by atoms with Gasteiger partial charge >= 0.3 is 0 Å². The van der Waals surface area contributed by atoms with Crippen LogP contribution in [-0.4, -0.2) is 46.4 Å². The maximum Gasteiger partial charge on any atom is 0.264 e. The number of hydrogen-bond acceptors (Lipinski definition) is 4. The van der Waals surface area contributed by atoms with Crippen LogP contribution in [0.4, 0.5) is 0 Å². The Morgan fingerprint density at radius 3 is 2.80 bits per heavy atom. The fourth-order valence-corrected chi connectivity index (χ4v) is 3.43. The first-order valence-electron chi connectivity index (χ1n) is 8.04. The van der Waals surface area contributed by atoms with Crippen molar-refractivity contribution in [3.63, 3.8) is 0 Å². The minimum atomic E-state index is -0.172. The molecule has 2 aromatic heterocycles. The Morgan fingerprint density at radius 2 is 2.04 bits per heavy atom. The normalized spacial score (nSPS) is 10.8. The Bertz CT molecular complexity index is 886. The van der Waals surface area contributed by atoms with Crippen molar-refractivity contribution < 1.29 is 9.59 Å². The number of nitrogens with one attached hydrogen (secondary N) is 1. The molecular formula is C18H20N4O2S. The van der Waals surface area contributed by atoms with Gasteiger partial charge in [0.25, 0.3) is 5.91 Å². The molecule has 130 valence electrons. The predicted octanol–water partition coefficient (Wildman–Crippen LogP) is 2.29. The molecule has 1 N–H and O–H groups in total. The van der Waals surface area contributed by atoms with Crippen molar-refractivity contribution in [2.75, 3.05) is 20.1 Å². The number of aromatic nitrogens is 2. The van der Waals surface area contributed by atoms with Crippen LogP contribution in [0.2, 0.25) is 0 Å². The van der Waals surface area contributed by atoms with Gasteiger partial charge in [-0.1, -0.05) is 18.2 Å². The van der Waals surface area contributed by atoms with Crippen LogP contribution in [0.5, 0.6) is 0 Å². The molecule has 0 aliphatic heterocycles. The van der Waals surface area contributed by atoms with Crippen molar-refractivity contribution in [3.05, 3.63) is 52.5 Å². The molecule has 6 nitrogen and oxygen atoms in total. The lowest BCUT2D eigenvalue weighted by atomic mass is 10.3. The van der Waals surface area contributed by atoms with E-state index in [-0.39, 0.29) is 18.4 Å². The summed E-state index contributed by atoms with van der Waals surface area (Å²) in [5.74, 6) is 0.608. The first-order chi connectivity index (χ1) is 12.1. The van der Waals surface area contributed by atoms with Gasteiger partial charge in [-0.15, -0.1) is 11.3 Å². The third kappa shape index (κ3) is 3.88. The SMILES string of the molecule is Cc1nc2ccccc2n1CCNC(=O)CN(C)C(=O)c1cccs1. The zero-order chi connectivity index (χ0) is 17.8. The van der Waals surface area contributed by atoms with Gasteiger partial charge in [0.15, 0.2) is 0 Å². The van der Waals surface area contributed by atoms with Crippen molar-refractivity contribution in [1.82, 2.24) is 19.8 Å². The van der Waals surface area contributed by atoms with Crippen LogP contribution < -0.4 is 5.32 Å². The monoisotopic (exact) mass is 356 g/mol. The zero-order valence-corrected chi connectivity index (χ0v) is 15.0. The molecule has 0 unspecified atom stereocenters. The smallest absolute Gasteiger partial charge is 0.264 e. The number of imidazole rings is 1. The Hall–Kier alpha value is -2.67. The summed E-state index contributed by atoms with van der Waals surface area (Å²) >= 11 is 1.37. The summed E-state index contributed by atoms with van der Waals surface area (Å²) in [6.07, 6.45) is 0. The van der Waals surface area contributed by atoms with Gasteiger partial charge < -0.3 is 14.8 Å². The number of hydrogen-bond donors (Lipinski definition) is 1. The Kier molecular flexibility index (Phi) is 5.14. The van der Waals surface area contributed by atoms with Crippen LogP contribution in [0.3, 0.4) is 0 Å². The van der Waals surface area contributed by atoms with Crippen LogP contribution in [0, 0.1) is 6.92 Å². The second kappa shape index (κ2) is 7.48. The minimum absolute atomic E-state index is 0.0421.